The molecule has 0 aliphatic rings. The molecule has 1 aromatic rings. The molecule has 0 fully saturated rings. The molecule has 3 nitrogen and oxygen atoms in total. The Bertz CT molecular complexity index is 240. The maximum absolute atomic E-state index is 6.03. The van der Waals surface area contributed by atoms with E-state index in [1.165, 1.54) is 12.7 Å². The van der Waals surface area contributed by atoms with Gasteiger partial charge in [0.2, 0.25) is 0 Å². The summed E-state index contributed by atoms with van der Waals surface area (Å²) in [6.07, 6.45) is 4.34. The first-order valence-electron chi connectivity index (χ1n) is 4.07. The Kier molecular flexibility index (Phi) is 4.39. The molecule has 0 amide bonds. The Morgan fingerprint density at radius 1 is 1.31 bits per heavy atom. The lowest BCUT2D eigenvalue weighted by atomic mass is 10.2. The standard InChI is InChI=1S/C8H11Cl2N3/c1-6(9)2-7(10)3-8-12-4-11-5-13-8/h4-7H,2-3H2,1H3. The van der Waals surface area contributed by atoms with Gasteiger partial charge in [-0.15, -0.1) is 23.2 Å². The zero-order valence-electron chi connectivity index (χ0n) is 7.32. The fraction of sp³-hybridized carbons (Fsp3) is 0.625. The first kappa shape index (κ1) is 10.7. The number of aromatic nitrogens is 3. The molecule has 2 atom stereocenters. The number of rotatable bonds is 4. The average molecular weight is 220 g/mol. The largest absolute Gasteiger partial charge is 0.225 e. The van der Waals surface area contributed by atoms with Crippen molar-refractivity contribution < 1.29 is 0 Å². The van der Waals surface area contributed by atoms with E-state index in [4.69, 9.17) is 23.2 Å². The SMILES string of the molecule is CC(Cl)CC(Cl)Cc1ncncn1. The number of alkyl halides is 2. The van der Waals surface area contributed by atoms with Crippen LogP contribution in [0.2, 0.25) is 0 Å². The molecule has 0 spiro atoms. The van der Waals surface area contributed by atoms with Gasteiger partial charge in [0.15, 0.2) is 0 Å². The van der Waals surface area contributed by atoms with E-state index in [2.05, 4.69) is 15.0 Å². The molecule has 0 aliphatic carbocycles. The lowest BCUT2D eigenvalue weighted by Crippen LogP contribution is -2.10. The molecule has 0 aliphatic heterocycles. The van der Waals surface area contributed by atoms with E-state index in [0.29, 0.717) is 12.2 Å². The van der Waals surface area contributed by atoms with Crippen molar-refractivity contribution in [1.29, 1.82) is 0 Å². The van der Waals surface area contributed by atoms with Crippen molar-refractivity contribution in [3.63, 3.8) is 0 Å². The molecule has 2 unspecified atom stereocenters. The first-order valence-corrected chi connectivity index (χ1v) is 4.94. The van der Waals surface area contributed by atoms with E-state index in [9.17, 15) is 0 Å². The maximum Gasteiger partial charge on any atom is 0.133 e. The van der Waals surface area contributed by atoms with Crippen molar-refractivity contribution in [2.45, 2.75) is 30.5 Å². The van der Waals surface area contributed by atoms with Gasteiger partial charge in [-0.25, -0.2) is 15.0 Å². The molecule has 0 aromatic carbocycles. The van der Waals surface area contributed by atoms with Crippen LogP contribution in [0.4, 0.5) is 0 Å². The van der Waals surface area contributed by atoms with Gasteiger partial charge in [-0.1, -0.05) is 0 Å². The van der Waals surface area contributed by atoms with Gasteiger partial charge in [-0.2, -0.15) is 0 Å². The van der Waals surface area contributed by atoms with Crippen LogP contribution in [0, 0.1) is 0 Å². The molecule has 0 radical (unpaired) electrons. The van der Waals surface area contributed by atoms with E-state index in [-0.39, 0.29) is 10.8 Å². The maximum atomic E-state index is 6.03. The summed E-state index contributed by atoms with van der Waals surface area (Å²) in [6.45, 7) is 1.92. The lowest BCUT2D eigenvalue weighted by molar-refractivity contribution is 0.703. The van der Waals surface area contributed by atoms with Crippen LogP contribution in [0.5, 0.6) is 0 Å². The second-order valence-electron chi connectivity index (χ2n) is 2.87. The third kappa shape index (κ3) is 4.39. The van der Waals surface area contributed by atoms with Gasteiger partial charge in [-0.3, -0.25) is 0 Å². The summed E-state index contributed by atoms with van der Waals surface area (Å²) in [5.74, 6) is 0.715. The molecular weight excluding hydrogens is 209 g/mol. The fourth-order valence-corrected chi connectivity index (χ4v) is 1.71. The fourth-order valence-electron chi connectivity index (χ4n) is 1.00. The van der Waals surface area contributed by atoms with Crippen LogP contribution in [-0.2, 0) is 6.42 Å². The topological polar surface area (TPSA) is 38.7 Å². The monoisotopic (exact) mass is 219 g/mol. The minimum absolute atomic E-state index is 0.00472. The predicted molar refractivity (Wildman–Crippen MR) is 53.1 cm³/mol. The molecule has 13 heavy (non-hydrogen) atoms. The van der Waals surface area contributed by atoms with E-state index in [1.54, 1.807) is 0 Å². The van der Waals surface area contributed by atoms with Crippen LogP contribution in [0.15, 0.2) is 12.7 Å². The average Bonchev–Trinajstić information content (AvgIpc) is 2.04. The van der Waals surface area contributed by atoms with Crippen molar-refractivity contribution in [2.24, 2.45) is 0 Å². The highest BCUT2D eigenvalue weighted by molar-refractivity contribution is 6.23. The second kappa shape index (κ2) is 5.35. The second-order valence-corrected chi connectivity index (χ2v) is 4.23. The molecule has 1 rings (SSSR count). The van der Waals surface area contributed by atoms with Crippen LogP contribution in [-0.4, -0.2) is 25.7 Å². The van der Waals surface area contributed by atoms with Gasteiger partial charge in [0, 0.05) is 17.2 Å². The highest BCUT2D eigenvalue weighted by atomic mass is 35.5. The number of hydrogen-bond acceptors (Lipinski definition) is 3. The van der Waals surface area contributed by atoms with Crippen LogP contribution in [0.1, 0.15) is 19.2 Å². The van der Waals surface area contributed by atoms with Gasteiger partial charge < -0.3 is 0 Å². The third-order valence-corrected chi connectivity index (χ3v) is 2.04. The molecular formula is C8H11Cl2N3. The van der Waals surface area contributed by atoms with E-state index in [1.807, 2.05) is 6.92 Å². The van der Waals surface area contributed by atoms with E-state index >= 15 is 0 Å². The molecule has 1 heterocycles. The summed E-state index contributed by atoms with van der Waals surface area (Å²) in [4.78, 5) is 11.7. The zero-order chi connectivity index (χ0) is 9.68. The van der Waals surface area contributed by atoms with Gasteiger partial charge in [0.25, 0.3) is 0 Å². The Labute approximate surface area is 87.5 Å². The van der Waals surface area contributed by atoms with Crippen LogP contribution >= 0.6 is 23.2 Å². The lowest BCUT2D eigenvalue weighted by Gasteiger charge is -2.08. The number of nitrogens with zero attached hydrogens (tertiary/aromatic N) is 3. The van der Waals surface area contributed by atoms with Gasteiger partial charge in [0.05, 0.1) is 0 Å². The summed E-state index contributed by atoms with van der Waals surface area (Å²) in [7, 11) is 0. The third-order valence-electron chi connectivity index (χ3n) is 1.53. The molecule has 72 valence electrons. The summed E-state index contributed by atoms with van der Waals surface area (Å²) >= 11 is 11.8. The number of halogens is 2. The Morgan fingerprint density at radius 2 is 1.92 bits per heavy atom. The molecule has 0 N–H and O–H groups in total. The summed E-state index contributed by atoms with van der Waals surface area (Å²) in [5, 5.41) is 0.0826. The first-order chi connectivity index (χ1) is 6.18. The van der Waals surface area contributed by atoms with Crippen LogP contribution < -0.4 is 0 Å². The summed E-state index contributed by atoms with van der Waals surface area (Å²) in [6, 6.07) is 0. The van der Waals surface area contributed by atoms with Gasteiger partial charge >= 0.3 is 0 Å². The highest BCUT2D eigenvalue weighted by Gasteiger charge is 2.10. The normalized spacial score (nSPS) is 15.3. The highest BCUT2D eigenvalue weighted by Crippen LogP contribution is 2.13. The van der Waals surface area contributed by atoms with Crippen LogP contribution in [0.3, 0.4) is 0 Å². The molecule has 0 saturated heterocycles. The van der Waals surface area contributed by atoms with Crippen molar-refractivity contribution in [1.82, 2.24) is 15.0 Å². The van der Waals surface area contributed by atoms with Crippen LogP contribution in [0.25, 0.3) is 0 Å². The predicted octanol–water partition coefficient (Wildman–Crippen LogP) is 2.04. The Morgan fingerprint density at radius 3 is 2.46 bits per heavy atom. The molecule has 0 bridgehead atoms. The van der Waals surface area contributed by atoms with Crippen molar-refractivity contribution >= 4 is 23.2 Å². The van der Waals surface area contributed by atoms with Gasteiger partial charge in [-0.05, 0) is 13.3 Å². The van der Waals surface area contributed by atoms with Gasteiger partial charge in [0.1, 0.15) is 18.5 Å². The number of hydrogen-bond donors (Lipinski definition) is 0. The Hall–Kier alpha value is -0.410. The van der Waals surface area contributed by atoms with Crippen molar-refractivity contribution in [3.05, 3.63) is 18.5 Å². The molecule has 0 saturated carbocycles. The smallest absolute Gasteiger partial charge is 0.133 e. The minimum atomic E-state index is -0.00472. The summed E-state index contributed by atoms with van der Waals surface area (Å²) in [5.41, 5.74) is 0. The van der Waals surface area contributed by atoms with Crippen molar-refractivity contribution in [3.8, 4) is 0 Å². The quantitative estimate of drug-likeness (QED) is 0.728. The molecule has 5 heteroatoms. The van der Waals surface area contributed by atoms with Crippen molar-refractivity contribution in [2.75, 3.05) is 0 Å². The van der Waals surface area contributed by atoms with E-state index in [0.717, 1.165) is 6.42 Å². The summed E-state index contributed by atoms with van der Waals surface area (Å²) < 4.78 is 0. The molecule has 1 aromatic heterocycles. The zero-order valence-corrected chi connectivity index (χ0v) is 8.83. The Balaban J connectivity index is 2.41. The minimum Gasteiger partial charge on any atom is -0.225 e. The van der Waals surface area contributed by atoms with E-state index < -0.39 is 0 Å².